The third-order valence-electron chi connectivity index (χ3n) is 2.77. The molecule has 0 aromatic heterocycles. The molecule has 1 atom stereocenters. The molecule has 0 spiro atoms. The highest BCUT2D eigenvalue weighted by atomic mass is 16.3. The molecule has 16 heavy (non-hydrogen) atoms. The average Bonchev–Trinajstić information content (AvgIpc) is 2.29. The van der Waals surface area contributed by atoms with Gasteiger partial charge in [-0.15, -0.1) is 0 Å². The van der Waals surface area contributed by atoms with Gasteiger partial charge in [0.25, 0.3) is 0 Å². The number of hydrogen-bond acceptors (Lipinski definition) is 3. The van der Waals surface area contributed by atoms with Crippen LogP contribution in [0.4, 0.5) is 5.69 Å². The molecule has 1 aromatic rings. The average molecular weight is 222 g/mol. The molecular weight excluding hydrogens is 200 g/mol. The van der Waals surface area contributed by atoms with Crippen LogP contribution in [0.2, 0.25) is 0 Å². The van der Waals surface area contributed by atoms with Crippen molar-refractivity contribution in [3.8, 4) is 0 Å². The highest BCUT2D eigenvalue weighted by molar-refractivity contribution is 5.48. The first kappa shape index (κ1) is 13.0. The van der Waals surface area contributed by atoms with Crippen molar-refractivity contribution in [3.63, 3.8) is 0 Å². The molecule has 0 saturated heterocycles. The molecule has 0 saturated carbocycles. The summed E-state index contributed by atoms with van der Waals surface area (Å²) >= 11 is 0. The van der Waals surface area contributed by atoms with Gasteiger partial charge in [0, 0.05) is 12.2 Å². The molecule has 0 aliphatic rings. The molecule has 0 radical (unpaired) electrons. The van der Waals surface area contributed by atoms with Crippen LogP contribution in [0.3, 0.4) is 0 Å². The minimum atomic E-state index is -0.274. The summed E-state index contributed by atoms with van der Waals surface area (Å²) in [5.41, 5.74) is 9.14. The van der Waals surface area contributed by atoms with Gasteiger partial charge in [-0.1, -0.05) is 13.0 Å². The summed E-state index contributed by atoms with van der Waals surface area (Å²) in [5.74, 6) is 0. The van der Waals surface area contributed by atoms with E-state index in [1.165, 1.54) is 11.1 Å². The van der Waals surface area contributed by atoms with E-state index in [2.05, 4.69) is 24.4 Å². The largest absolute Gasteiger partial charge is 0.391 e. The van der Waals surface area contributed by atoms with Crippen molar-refractivity contribution in [2.45, 2.75) is 32.8 Å². The molecule has 1 unspecified atom stereocenters. The number of rotatable bonds is 6. The van der Waals surface area contributed by atoms with E-state index in [0.29, 0.717) is 13.1 Å². The Bertz CT molecular complexity index is 326. The number of aryl methyl sites for hydroxylation is 1. The Hall–Kier alpha value is -1.06. The van der Waals surface area contributed by atoms with Crippen molar-refractivity contribution in [2.24, 2.45) is 5.73 Å². The molecule has 1 aromatic carbocycles. The van der Waals surface area contributed by atoms with Crippen molar-refractivity contribution in [3.05, 3.63) is 29.3 Å². The molecule has 4 N–H and O–H groups in total. The van der Waals surface area contributed by atoms with Crippen molar-refractivity contribution in [1.82, 2.24) is 0 Å². The Labute approximate surface area is 97.7 Å². The van der Waals surface area contributed by atoms with Crippen LogP contribution in [0, 0.1) is 6.92 Å². The van der Waals surface area contributed by atoms with E-state index >= 15 is 0 Å². The summed E-state index contributed by atoms with van der Waals surface area (Å²) in [6.45, 7) is 5.35. The lowest BCUT2D eigenvalue weighted by atomic mass is 10.0. The van der Waals surface area contributed by atoms with Crippen molar-refractivity contribution in [1.29, 1.82) is 0 Å². The highest BCUT2D eigenvalue weighted by Gasteiger charge is 2.02. The third-order valence-corrected chi connectivity index (χ3v) is 2.77. The number of nitrogens with one attached hydrogen (secondary N) is 1. The summed E-state index contributed by atoms with van der Waals surface area (Å²) in [5, 5.41) is 12.7. The van der Waals surface area contributed by atoms with Gasteiger partial charge in [0.15, 0.2) is 0 Å². The zero-order valence-electron chi connectivity index (χ0n) is 10.2. The maximum absolute atomic E-state index is 9.45. The first-order valence-corrected chi connectivity index (χ1v) is 5.89. The normalized spacial score (nSPS) is 12.5. The van der Waals surface area contributed by atoms with Crippen molar-refractivity contribution < 1.29 is 5.11 Å². The fraction of sp³-hybridized carbons (Fsp3) is 0.538. The van der Waals surface area contributed by atoms with Crippen LogP contribution in [0.1, 0.15) is 24.5 Å². The Morgan fingerprint density at radius 3 is 2.75 bits per heavy atom. The quantitative estimate of drug-likeness (QED) is 0.686. The summed E-state index contributed by atoms with van der Waals surface area (Å²) in [6.07, 6.45) is 1.42. The lowest BCUT2D eigenvalue weighted by Crippen LogP contribution is -2.18. The summed E-state index contributed by atoms with van der Waals surface area (Å²) in [7, 11) is 0. The van der Waals surface area contributed by atoms with Crippen LogP contribution in [0.25, 0.3) is 0 Å². The highest BCUT2D eigenvalue weighted by Crippen LogP contribution is 2.15. The Morgan fingerprint density at radius 2 is 2.19 bits per heavy atom. The number of nitrogens with two attached hydrogens (primary N) is 1. The fourth-order valence-corrected chi connectivity index (χ4v) is 1.62. The van der Waals surface area contributed by atoms with E-state index in [4.69, 9.17) is 5.73 Å². The molecule has 0 fully saturated rings. The second-order valence-corrected chi connectivity index (χ2v) is 4.12. The second kappa shape index (κ2) is 6.51. The lowest BCUT2D eigenvalue weighted by molar-refractivity contribution is 0.183. The van der Waals surface area contributed by atoms with Gasteiger partial charge in [0.1, 0.15) is 0 Å². The van der Waals surface area contributed by atoms with Gasteiger partial charge in [-0.3, -0.25) is 0 Å². The van der Waals surface area contributed by atoms with E-state index in [0.717, 1.165) is 18.5 Å². The van der Waals surface area contributed by atoms with Gasteiger partial charge in [-0.25, -0.2) is 0 Å². The van der Waals surface area contributed by atoms with Crippen molar-refractivity contribution in [2.75, 3.05) is 18.4 Å². The van der Waals surface area contributed by atoms with Gasteiger partial charge >= 0.3 is 0 Å². The predicted molar refractivity (Wildman–Crippen MR) is 68.7 cm³/mol. The molecule has 0 amide bonds. The van der Waals surface area contributed by atoms with Crippen LogP contribution in [-0.4, -0.2) is 24.3 Å². The van der Waals surface area contributed by atoms with Gasteiger partial charge < -0.3 is 16.2 Å². The van der Waals surface area contributed by atoms with E-state index in [1.54, 1.807) is 0 Å². The van der Waals surface area contributed by atoms with Gasteiger partial charge in [0.2, 0.25) is 0 Å². The minimum absolute atomic E-state index is 0.274. The summed E-state index contributed by atoms with van der Waals surface area (Å²) < 4.78 is 0. The fourth-order valence-electron chi connectivity index (χ4n) is 1.62. The standard InChI is InChI=1S/C13H22N2O/c1-3-13(16)9-15-12-5-4-11(6-7-14)10(2)8-12/h4-5,8,13,15-16H,3,6-7,9,14H2,1-2H3. The van der Waals surface area contributed by atoms with Crippen molar-refractivity contribution >= 4 is 5.69 Å². The molecule has 3 nitrogen and oxygen atoms in total. The summed E-state index contributed by atoms with van der Waals surface area (Å²) in [6, 6.07) is 6.25. The van der Waals surface area contributed by atoms with Crippen LogP contribution >= 0.6 is 0 Å². The Kier molecular flexibility index (Phi) is 5.29. The topological polar surface area (TPSA) is 58.3 Å². The maximum atomic E-state index is 9.45. The molecule has 90 valence electrons. The van der Waals surface area contributed by atoms with E-state index < -0.39 is 0 Å². The monoisotopic (exact) mass is 222 g/mol. The predicted octanol–water partition coefficient (Wildman–Crippen LogP) is 1.68. The SMILES string of the molecule is CCC(O)CNc1ccc(CCN)c(C)c1. The Balaban J connectivity index is 2.59. The molecule has 0 heterocycles. The molecule has 0 aliphatic heterocycles. The zero-order chi connectivity index (χ0) is 12.0. The number of aliphatic hydroxyl groups is 1. The van der Waals surface area contributed by atoms with Crippen LogP contribution < -0.4 is 11.1 Å². The number of benzene rings is 1. The van der Waals surface area contributed by atoms with Gasteiger partial charge in [0.05, 0.1) is 6.10 Å². The first-order chi connectivity index (χ1) is 7.67. The first-order valence-electron chi connectivity index (χ1n) is 5.89. The van der Waals surface area contributed by atoms with Crippen LogP contribution in [-0.2, 0) is 6.42 Å². The minimum Gasteiger partial charge on any atom is -0.391 e. The zero-order valence-corrected chi connectivity index (χ0v) is 10.2. The molecule has 1 rings (SSSR count). The summed E-state index contributed by atoms with van der Waals surface area (Å²) in [4.78, 5) is 0. The number of aliphatic hydroxyl groups excluding tert-OH is 1. The van der Waals surface area contributed by atoms with E-state index in [-0.39, 0.29) is 6.10 Å². The van der Waals surface area contributed by atoms with E-state index in [9.17, 15) is 5.11 Å². The van der Waals surface area contributed by atoms with Crippen LogP contribution in [0.15, 0.2) is 18.2 Å². The van der Waals surface area contributed by atoms with Crippen LogP contribution in [0.5, 0.6) is 0 Å². The third kappa shape index (κ3) is 3.83. The van der Waals surface area contributed by atoms with Gasteiger partial charge in [-0.05, 0) is 49.6 Å². The molecule has 3 heteroatoms. The Morgan fingerprint density at radius 1 is 1.44 bits per heavy atom. The smallest absolute Gasteiger partial charge is 0.0709 e. The molecule has 0 aliphatic carbocycles. The molecule has 0 bridgehead atoms. The second-order valence-electron chi connectivity index (χ2n) is 4.12. The van der Waals surface area contributed by atoms with Gasteiger partial charge in [-0.2, -0.15) is 0 Å². The van der Waals surface area contributed by atoms with E-state index in [1.807, 2.05) is 13.0 Å². The lowest BCUT2D eigenvalue weighted by Gasteiger charge is -2.12. The molecular formula is C13H22N2O. The maximum Gasteiger partial charge on any atom is 0.0709 e. The number of anilines is 1. The number of hydrogen-bond donors (Lipinski definition) is 3.